The maximum Gasteiger partial charge on any atom is 0.153 e. The highest BCUT2D eigenvalue weighted by atomic mass is 35.5. The van der Waals surface area contributed by atoms with Gasteiger partial charge < -0.3 is 10.5 Å². The summed E-state index contributed by atoms with van der Waals surface area (Å²) in [5.41, 5.74) is 6.35. The molecule has 0 unspecified atom stereocenters. The second-order valence-corrected chi connectivity index (χ2v) is 6.45. The standard InChI is InChI=1S/C11H16ClNO3S/c1-2-17(14,15)6-5-16-11-7-10(12)4-3-9(11)8-13/h3-4,7H,2,5-6,8,13H2,1H3. The molecule has 0 aromatic heterocycles. The molecule has 0 atom stereocenters. The summed E-state index contributed by atoms with van der Waals surface area (Å²) in [6, 6.07) is 5.13. The van der Waals surface area contributed by atoms with Gasteiger partial charge in [0.05, 0.1) is 5.75 Å². The SMILES string of the molecule is CCS(=O)(=O)CCOc1cc(Cl)ccc1CN. The van der Waals surface area contributed by atoms with Crippen molar-refractivity contribution < 1.29 is 13.2 Å². The largest absolute Gasteiger partial charge is 0.492 e. The summed E-state index contributed by atoms with van der Waals surface area (Å²) >= 11 is 5.83. The quantitative estimate of drug-likeness (QED) is 0.858. The molecule has 1 aromatic rings. The molecule has 6 heteroatoms. The highest BCUT2D eigenvalue weighted by Gasteiger charge is 2.09. The van der Waals surface area contributed by atoms with Gasteiger partial charge in [-0.25, -0.2) is 8.42 Å². The van der Waals surface area contributed by atoms with E-state index < -0.39 is 9.84 Å². The number of sulfone groups is 1. The Morgan fingerprint density at radius 2 is 2.12 bits per heavy atom. The number of benzene rings is 1. The predicted molar refractivity (Wildman–Crippen MR) is 69.2 cm³/mol. The fourth-order valence-electron chi connectivity index (χ4n) is 1.25. The molecule has 0 fully saturated rings. The minimum Gasteiger partial charge on any atom is -0.492 e. The molecule has 0 aliphatic rings. The van der Waals surface area contributed by atoms with Crippen molar-refractivity contribution in [3.8, 4) is 5.75 Å². The third-order valence-electron chi connectivity index (χ3n) is 2.34. The third kappa shape index (κ3) is 4.53. The van der Waals surface area contributed by atoms with E-state index >= 15 is 0 Å². The van der Waals surface area contributed by atoms with Gasteiger partial charge in [-0.1, -0.05) is 24.6 Å². The zero-order valence-electron chi connectivity index (χ0n) is 9.65. The van der Waals surface area contributed by atoms with Gasteiger partial charge >= 0.3 is 0 Å². The molecule has 0 bridgehead atoms. The van der Waals surface area contributed by atoms with Crippen LogP contribution >= 0.6 is 11.6 Å². The van der Waals surface area contributed by atoms with E-state index in [4.69, 9.17) is 22.1 Å². The van der Waals surface area contributed by atoms with Crippen molar-refractivity contribution in [1.82, 2.24) is 0 Å². The summed E-state index contributed by atoms with van der Waals surface area (Å²) in [5.74, 6) is 0.668. The van der Waals surface area contributed by atoms with Crippen molar-refractivity contribution in [3.05, 3.63) is 28.8 Å². The van der Waals surface area contributed by atoms with Crippen LogP contribution in [-0.4, -0.2) is 26.5 Å². The first-order valence-electron chi connectivity index (χ1n) is 5.30. The van der Waals surface area contributed by atoms with Crippen molar-refractivity contribution in [2.24, 2.45) is 5.73 Å². The lowest BCUT2D eigenvalue weighted by molar-refractivity contribution is 0.337. The fourth-order valence-corrected chi connectivity index (χ4v) is 2.04. The molecule has 0 amide bonds. The van der Waals surface area contributed by atoms with E-state index in [1.165, 1.54) is 0 Å². The van der Waals surface area contributed by atoms with Gasteiger partial charge in [0.15, 0.2) is 9.84 Å². The summed E-state index contributed by atoms with van der Waals surface area (Å²) < 4.78 is 28.0. The molecule has 1 aromatic carbocycles. The molecule has 96 valence electrons. The van der Waals surface area contributed by atoms with Gasteiger partial charge in [-0.2, -0.15) is 0 Å². The van der Waals surface area contributed by atoms with Crippen molar-refractivity contribution in [2.45, 2.75) is 13.5 Å². The summed E-state index contributed by atoms with van der Waals surface area (Å²) in [6.07, 6.45) is 0. The van der Waals surface area contributed by atoms with Gasteiger partial charge in [0, 0.05) is 22.9 Å². The van der Waals surface area contributed by atoms with E-state index in [2.05, 4.69) is 0 Å². The zero-order valence-corrected chi connectivity index (χ0v) is 11.2. The van der Waals surface area contributed by atoms with Crippen LogP contribution in [-0.2, 0) is 16.4 Å². The average molecular weight is 278 g/mol. The number of halogens is 1. The molecule has 17 heavy (non-hydrogen) atoms. The molecule has 4 nitrogen and oxygen atoms in total. The fraction of sp³-hybridized carbons (Fsp3) is 0.455. The van der Waals surface area contributed by atoms with Crippen LogP contribution in [0.3, 0.4) is 0 Å². The van der Waals surface area contributed by atoms with Crippen LogP contribution in [0.15, 0.2) is 18.2 Å². The van der Waals surface area contributed by atoms with Gasteiger partial charge in [0.1, 0.15) is 12.4 Å². The molecule has 1 rings (SSSR count). The monoisotopic (exact) mass is 277 g/mol. The predicted octanol–water partition coefficient (Wildman–Crippen LogP) is 1.61. The molecule has 0 spiro atoms. The van der Waals surface area contributed by atoms with E-state index in [1.54, 1.807) is 25.1 Å². The highest BCUT2D eigenvalue weighted by molar-refractivity contribution is 7.91. The lowest BCUT2D eigenvalue weighted by atomic mass is 10.2. The Kier molecular flexibility index (Phi) is 5.24. The summed E-state index contributed by atoms with van der Waals surface area (Å²) in [5, 5.41) is 0.538. The van der Waals surface area contributed by atoms with Crippen molar-refractivity contribution in [3.63, 3.8) is 0 Å². The lowest BCUT2D eigenvalue weighted by Gasteiger charge is -2.10. The van der Waals surface area contributed by atoms with E-state index in [0.717, 1.165) is 5.56 Å². The van der Waals surface area contributed by atoms with Gasteiger partial charge in [0.2, 0.25) is 0 Å². The number of rotatable bonds is 6. The Bertz CT molecular complexity index is 474. The molecular weight excluding hydrogens is 262 g/mol. The lowest BCUT2D eigenvalue weighted by Crippen LogP contribution is -2.16. The molecule has 0 aliphatic carbocycles. The molecular formula is C11H16ClNO3S. The van der Waals surface area contributed by atoms with E-state index in [-0.39, 0.29) is 18.1 Å². The number of nitrogens with two attached hydrogens (primary N) is 1. The van der Waals surface area contributed by atoms with E-state index in [0.29, 0.717) is 17.3 Å². The van der Waals surface area contributed by atoms with Crippen LogP contribution in [0.4, 0.5) is 0 Å². The van der Waals surface area contributed by atoms with Gasteiger partial charge in [-0.3, -0.25) is 0 Å². The summed E-state index contributed by atoms with van der Waals surface area (Å²) in [7, 11) is -3.01. The molecule has 0 saturated carbocycles. The van der Waals surface area contributed by atoms with Gasteiger partial charge in [-0.05, 0) is 12.1 Å². The van der Waals surface area contributed by atoms with Crippen molar-refractivity contribution >= 4 is 21.4 Å². The number of hydrogen-bond donors (Lipinski definition) is 1. The molecule has 0 heterocycles. The Morgan fingerprint density at radius 1 is 1.41 bits per heavy atom. The molecule has 0 radical (unpaired) electrons. The highest BCUT2D eigenvalue weighted by Crippen LogP contribution is 2.23. The zero-order chi connectivity index (χ0) is 12.9. The summed E-state index contributed by atoms with van der Waals surface area (Å²) in [4.78, 5) is 0. The second-order valence-electron chi connectivity index (χ2n) is 3.54. The Balaban J connectivity index is 2.66. The number of ether oxygens (including phenoxy) is 1. The van der Waals surface area contributed by atoms with Crippen LogP contribution in [0.25, 0.3) is 0 Å². The van der Waals surface area contributed by atoms with Crippen molar-refractivity contribution in [2.75, 3.05) is 18.1 Å². The third-order valence-corrected chi connectivity index (χ3v) is 4.24. The van der Waals surface area contributed by atoms with Gasteiger partial charge in [-0.15, -0.1) is 0 Å². The van der Waals surface area contributed by atoms with Crippen LogP contribution < -0.4 is 10.5 Å². The maximum absolute atomic E-state index is 11.3. The first kappa shape index (κ1) is 14.3. The first-order valence-corrected chi connectivity index (χ1v) is 7.50. The minimum absolute atomic E-state index is 0.0000246. The minimum atomic E-state index is -3.01. The molecule has 0 aliphatic heterocycles. The topological polar surface area (TPSA) is 69.4 Å². The van der Waals surface area contributed by atoms with Crippen LogP contribution in [0, 0.1) is 0 Å². The Labute approximate surface area is 107 Å². The maximum atomic E-state index is 11.3. The normalized spacial score (nSPS) is 11.5. The number of hydrogen-bond acceptors (Lipinski definition) is 4. The van der Waals surface area contributed by atoms with E-state index in [1.807, 2.05) is 0 Å². The van der Waals surface area contributed by atoms with E-state index in [9.17, 15) is 8.42 Å². The first-order chi connectivity index (χ1) is 7.98. The van der Waals surface area contributed by atoms with Crippen molar-refractivity contribution in [1.29, 1.82) is 0 Å². The Morgan fingerprint density at radius 3 is 2.71 bits per heavy atom. The summed E-state index contributed by atoms with van der Waals surface area (Å²) in [6.45, 7) is 2.05. The second kappa shape index (κ2) is 6.23. The Hall–Kier alpha value is -0.780. The molecule has 2 N–H and O–H groups in total. The smallest absolute Gasteiger partial charge is 0.153 e. The van der Waals surface area contributed by atoms with Crippen LogP contribution in [0.5, 0.6) is 5.75 Å². The average Bonchev–Trinajstić information content (AvgIpc) is 2.29. The van der Waals surface area contributed by atoms with Gasteiger partial charge in [0.25, 0.3) is 0 Å². The van der Waals surface area contributed by atoms with Crippen LogP contribution in [0.2, 0.25) is 5.02 Å². The van der Waals surface area contributed by atoms with Crippen LogP contribution in [0.1, 0.15) is 12.5 Å². The molecule has 0 saturated heterocycles.